The van der Waals surface area contributed by atoms with Crippen LogP contribution in [0.5, 0.6) is 5.75 Å². The van der Waals surface area contributed by atoms with Crippen LogP contribution >= 0.6 is 0 Å². The maximum absolute atomic E-state index is 13.1. The molecule has 1 fully saturated rings. The van der Waals surface area contributed by atoms with Crippen LogP contribution in [0.2, 0.25) is 0 Å². The first-order chi connectivity index (χ1) is 16.3. The number of aryl methyl sites for hydroxylation is 2. The van der Waals surface area contributed by atoms with E-state index in [0.717, 1.165) is 11.1 Å². The van der Waals surface area contributed by atoms with E-state index in [1.54, 1.807) is 41.7 Å². The van der Waals surface area contributed by atoms with Crippen molar-refractivity contribution in [2.24, 2.45) is 0 Å². The van der Waals surface area contributed by atoms with Gasteiger partial charge in [-0.25, -0.2) is 4.98 Å². The molecule has 7 nitrogen and oxygen atoms in total. The van der Waals surface area contributed by atoms with E-state index in [2.05, 4.69) is 4.98 Å². The summed E-state index contributed by atoms with van der Waals surface area (Å²) >= 11 is 0. The highest BCUT2D eigenvalue weighted by molar-refractivity contribution is 6.46. The molecule has 1 N–H and O–H groups in total. The van der Waals surface area contributed by atoms with E-state index in [0.29, 0.717) is 30.8 Å². The number of rotatable bonds is 8. The van der Waals surface area contributed by atoms with Crippen LogP contribution in [0.3, 0.4) is 0 Å². The molecule has 176 valence electrons. The molecular formula is C27H29N3O4. The maximum Gasteiger partial charge on any atom is 0.295 e. The van der Waals surface area contributed by atoms with Gasteiger partial charge in [-0.05, 0) is 57.0 Å². The monoisotopic (exact) mass is 459 g/mol. The molecule has 0 bridgehead atoms. The molecule has 1 aliphatic heterocycles. The lowest BCUT2D eigenvalue weighted by molar-refractivity contribution is -0.139. The Hall–Kier alpha value is -3.87. The van der Waals surface area contributed by atoms with Crippen LogP contribution in [0.25, 0.3) is 5.76 Å². The highest BCUT2D eigenvalue weighted by Gasteiger charge is 2.45. The lowest BCUT2D eigenvalue weighted by Gasteiger charge is -2.25. The molecule has 0 unspecified atom stereocenters. The Kier molecular flexibility index (Phi) is 6.82. The Labute approximate surface area is 199 Å². The topological polar surface area (TPSA) is 84.7 Å². The minimum atomic E-state index is -0.673. The average Bonchev–Trinajstić information content (AvgIpc) is 3.42. The molecule has 1 saturated heterocycles. The van der Waals surface area contributed by atoms with Crippen molar-refractivity contribution in [2.75, 3.05) is 6.54 Å². The summed E-state index contributed by atoms with van der Waals surface area (Å²) in [5.74, 6) is -0.788. The summed E-state index contributed by atoms with van der Waals surface area (Å²) < 4.78 is 7.60. The number of aliphatic hydroxyl groups excluding tert-OH is 1. The van der Waals surface area contributed by atoms with E-state index >= 15 is 0 Å². The number of nitrogens with zero attached hydrogens (tertiary/aromatic N) is 3. The third kappa shape index (κ3) is 4.88. The second-order valence-electron chi connectivity index (χ2n) is 8.75. The van der Waals surface area contributed by atoms with Gasteiger partial charge in [0.05, 0.1) is 24.0 Å². The number of carbonyl (C=O) groups is 2. The standard InChI is InChI=1S/C27H29N3O4/c1-18(2)34-22-11-9-21(10-12-22)25(31)23-24(20-7-5-19(3)6-8-20)30(27(33)26(23)32)15-4-14-29-16-13-28-17-29/h5-13,16-18,24,31H,4,14-15H2,1-3H3/t24-/m0/s1. The van der Waals surface area contributed by atoms with Crippen LogP contribution < -0.4 is 4.74 Å². The summed E-state index contributed by atoms with van der Waals surface area (Å²) in [6, 6.07) is 13.9. The number of likely N-dealkylation sites (tertiary alicyclic amines) is 1. The van der Waals surface area contributed by atoms with Crippen molar-refractivity contribution >= 4 is 17.4 Å². The minimum Gasteiger partial charge on any atom is -0.507 e. The zero-order chi connectivity index (χ0) is 24.2. The Bertz CT molecular complexity index is 1180. The third-order valence-electron chi connectivity index (χ3n) is 5.81. The van der Waals surface area contributed by atoms with E-state index in [1.807, 2.05) is 55.8 Å². The van der Waals surface area contributed by atoms with Crippen LogP contribution in [-0.2, 0) is 16.1 Å². The molecule has 7 heteroatoms. The number of Topliss-reactive ketones (excluding diaryl/α,β-unsaturated/α-hetero) is 1. The van der Waals surface area contributed by atoms with Crippen molar-refractivity contribution in [3.8, 4) is 5.75 Å². The Morgan fingerprint density at radius 1 is 1.06 bits per heavy atom. The lowest BCUT2D eigenvalue weighted by Crippen LogP contribution is -2.31. The molecule has 2 heterocycles. The van der Waals surface area contributed by atoms with Crippen molar-refractivity contribution in [3.63, 3.8) is 0 Å². The summed E-state index contributed by atoms with van der Waals surface area (Å²) in [4.78, 5) is 31.8. The highest BCUT2D eigenvalue weighted by Crippen LogP contribution is 2.39. The van der Waals surface area contributed by atoms with Gasteiger partial charge in [0.1, 0.15) is 11.5 Å². The number of hydrogen-bond donors (Lipinski definition) is 1. The maximum atomic E-state index is 13.1. The van der Waals surface area contributed by atoms with Gasteiger partial charge in [0.15, 0.2) is 0 Å². The number of ether oxygens (including phenoxy) is 1. The fourth-order valence-electron chi connectivity index (χ4n) is 4.17. The molecule has 2 aromatic carbocycles. The van der Waals surface area contributed by atoms with Crippen LogP contribution in [0, 0.1) is 6.92 Å². The van der Waals surface area contributed by atoms with E-state index in [4.69, 9.17) is 4.74 Å². The number of ketones is 1. The van der Waals surface area contributed by atoms with E-state index < -0.39 is 17.7 Å². The number of amides is 1. The second-order valence-corrected chi connectivity index (χ2v) is 8.75. The molecule has 1 atom stereocenters. The first-order valence-electron chi connectivity index (χ1n) is 11.4. The van der Waals surface area contributed by atoms with Crippen LogP contribution in [0.4, 0.5) is 0 Å². The van der Waals surface area contributed by atoms with Crippen LogP contribution in [0.15, 0.2) is 72.8 Å². The lowest BCUT2D eigenvalue weighted by atomic mass is 9.94. The fraction of sp³-hybridized carbons (Fsp3) is 0.296. The molecule has 4 rings (SSSR count). The van der Waals surface area contributed by atoms with Gasteiger partial charge in [0, 0.05) is 31.0 Å². The number of imidazole rings is 1. The number of carbonyl (C=O) groups excluding carboxylic acids is 2. The van der Waals surface area contributed by atoms with Gasteiger partial charge in [0.25, 0.3) is 11.7 Å². The van der Waals surface area contributed by atoms with Crippen molar-refractivity contribution < 1.29 is 19.4 Å². The summed E-state index contributed by atoms with van der Waals surface area (Å²) in [5.41, 5.74) is 2.42. The summed E-state index contributed by atoms with van der Waals surface area (Å²) in [6.07, 6.45) is 5.95. The van der Waals surface area contributed by atoms with Crippen molar-refractivity contribution in [2.45, 2.75) is 45.9 Å². The summed E-state index contributed by atoms with van der Waals surface area (Å²) in [5, 5.41) is 11.2. The van der Waals surface area contributed by atoms with Crippen molar-refractivity contribution in [3.05, 3.63) is 89.5 Å². The zero-order valence-electron chi connectivity index (χ0n) is 19.6. The third-order valence-corrected chi connectivity index (χ3v) is 5.81. The molecule has 1 amide bonds. The average molecular weight is 460 g/mol. The number of aromatic nitrogens is 2. The molecule has 0 radical (unpaired) electrons. The normalized spacial score (nSPS) is 17.5. The Morgan fingerprint density at radius 3 is 2.38 bits per heavy atom. The first-order valence-corrected chi connectivity index (χ1v) is 11.4. The largest absolute Gasteiger partial charge is 0.507 e. The molecule has 0 saturated carbocycles. The molecule has 34 heavy (non-hydrogen) atoms. The summed E-state index contributed by atoms with van der Waals surface area (Å²) in [6.45, 7) is 6.89. The minimum absolute atomic E-state index is 0.0219. The number of hydrogen-bond acceptors (Lipinski definition) is 5. The van der Waals surface area contributed by atoms with Gasteiger partial charge in [-0.15, -0.1) is 0 Å². The van der Waals surface area contributed by atoms with Crippen LogP contribution in [0.1, 0.15) is 43.0 Å². The van der Waals surface area contributed by atoms with Crippen LogP contribution in [-0.4, -0.2) is 43.9 Å². The molecule has 0 aliphatic carbocycles. The molecule has 1 aromatic heterocycles. The van der Waals surface area contributed by atoms with Gasteiger partial charge >= 0.3 is 0 Å². The SMILES string of the molecule is Cc1ccc([C@H]2C(=C(O)c3ccc(OC(C)C)cc3)C(=O)C(=O)N2CCCn2ccnc2)cc1. The number of benzene rings is 2. The summed E-state index contributed by atoms with van der Waals surface area (Å²) in [7, 11) is 0. The molecular weight excluding hydrogens is 430 g/mol. The predicted octanol–water partition coefficient (Wildman–Crippen LogP) is 4.49. The Morgan fingerprint density at radius 2 is 1.76 bits per heavy atom. The smallest absolute Gasteiger partial charge is 0.295 e. The second kappa shape index (κ2) is 9.95. The molecule has 1 aliphatic rings. The molecule has 3 aromatic rings. The van der Waals surface area contributed by atoms with E-state index in [1.165, 1.54) is 0 Å². The van der Waals surface area contributed by atoms with Crippen molar-refractivity contribution in [1.82, 2.24) is 14.5 Å². The van der Waals surface area contributed by atoms with Crippen molar-refractivity contribution in [1.29, 1.82) is 0 Å². The quantitative estimate of drug-likeness (QED) is 0.305. The van der Waals surface area contributed by atoms with E-state index in [9.17, 15) is 14.7 Å². The van der Waals surface area contributed by atoms with Gasteiger partial charge < -0.3 is 19.3 Å². The fourth-order valence-corrected chi connectivity index (χ4v) is 4.17. The predicted molar refractivity (Wildman–Crippen MR) is 129 cm³/mol. The van der Waals surface area contributed by atoms with Gasteiger partial charge in [-0.1, -0.05) is 29.8 Å². The van der Waals surface area contributed by atoms with Gasteiger partial charge in [-0.3, -0.25) is 9.59 Å². The Balaban J connectivity index is 1.69. The van der Waals surface area contributed by atoms with Gasteiger partial charge in [-0.2, -0.15) is 0 Å². The first kappa shape index (κ1) is 23.3. The molecule has 0 spiro atoms. The highest BCUT2D eigenvalue weighted by atomic mass is 16.5. The number of aliphatic hydroxyl groups is 1. The van der Waals surface area contributed by atoms with E-state index in [-0.39, 0.29) is 17.4 Å². The zero-order valence-corrected chi connectivity index (χ0v) is 19.6. The van der Waals surface area contributed by atoms with Gasteiger partial charge in [0.2, 0.25) is 0 Å².